The summed E-state index contributed by atoms with van der Waals surface area (Å²) in [5.74, 6) is -0.627. The number of hydrogen-bond donors (Lipinski definition) is 1. The molecule has 1 aliphatic rings. The molecule has 0 unspecified atom stereocenters. The standard InChI is InChI=1S/CH4B3NO4/c5-1(6)4-8-2-7-3-9-4/h2-3H,(H2,5,6). The highest BCUT2D eigenvalue weighted by Crippen LogP contribution is 1.93. The van der Waals surface area contributed by atoms with Crippen LogP contribution >= 0.6 is 0 Å². The highest BCUT2D eigenvalue weighted by molar-refractivity contribution is 6.85. The summed E-state index contributed by atoms with van der Waals surface area (Å²) in [5.41, 5.74) is 4.82. The number of primary amides is 1. The van der Waals surface area contributed by atoms with E-state index in [9.17, 15) is 4.79 Å². The van der Waals surface area contributed by atoms with Crippen molar-refractivity contribution in [2.75, 3.05) is 0 Å². The fraction of sp³-hybridized carbons (Fsp3) is 0. The average molecular weight is 126 g/mol. The monoisotopic (exact) mass is 127 g/mol. The first-order valence-electron chi connectivity index (χ1n) is 2.41. The highest BCUT2D eigenvalue weighted by Gasteiger charge is 2.29. The van der Waals surface area contributed by atoms with Crippen LogP contribution in [-0.2, 0) is 13.7 Å². The van der Waals surface area contributed by atoms with Gasteiger partial charge >= 0.3 is 22.5 Å². The van der Waals surface area contributed by atoms with Gasteiger partial charge in [-0.1, -0.05) is 0 Å². The van der Waals surface area contributed by atoms with Crippen LogP contribution in [0.5, 0.6) is 0 Å². The Balaban J connectivity index is 2.31. The summed E-state index contributed by atoms with van der Waals surface area (Å²) >= 11 is 0. The van der Waals surface area contributed by atoms with E-state index in [2.05, 4.69) is 13.7 Å². The van der Waals surface area contributed by atoms with E-state index in [-0.39, 0.29) is 15.4 Å². The van der Waals surface area contributed by atoms with E-state index >= 15 is 0 Å². The Hall–Kier alpha value is -0.455. The molecule has 1 amide bonds. The first-order chi connectivity index (χ1) is 4.30. The van der Waals surface area contributed by atoms with Gasteiger partial charge in [-0.15, -0.1) is 0 Å². The van der Waals surface area contributed by atoms with Crippen LogP contribution in [-0.4, -0.2) is 28.3 Å². The lowest BCUT2D eigenvalue weighted by atomic mass is 9.84. The molecule has 9 heavy (non-hydrogen) atoms. The van der Waals surface area contributed by atoms with Gasteiger partial charge in [-0.05, 0) is 0 Å². The number of rotatable bonds is 1. The van der Waals surface area contributed by atoms with E-state index < -0.39 is 12.9 Å². The summed E-state index contributed by atoms with van der Waals surface area (Å²) in [6, 6.07) is 0. The minimum absolute atomic E-state index is 0.0631. The molecule has 1 fully saturated rings. The minimum atomic E-state index is -0.932. The van der Waals surface area contributed by atoms with Crippen LogP contribution in [0.3, 0.4) is 0 Å². The zero-order valence-corrected chi connectivity index (χ0v) is 4.70. The molecule has 0 aromatic heterocycles. The Morgan fingerprint density at radius 3 is 2.33 bits per heavy atom. The third kappa shape index (κ3) is 1.74. The second-order valence-electron chi connectivity index (χ2n) is 1.51. The van der Waals surface area contributed by atoms with Gasteiger partial charge in [0, 0.05) is 0 Å². The quantitative estimate of drug-likeness (QED) is 0.402. The predicted octanol–water partition coefficient (Wildman–Crippen LogP) is -2.27. The Bertz CT molecular complexity index is 112. The number of carbonyl (C=O) groups excluding carboxylic acids is 1. The van der Waals surface area contributed by atoms with Crippen molar-refractivity contribution in [1.82, 2.24) is 0 Å². The maximum atomic E-state index is 10.3. The maximum absolute atomic E-state index is 10.3. The van der Waals surface area contributed by atoms with E-state index in [0.29, 0.717) is 0 Å². The van der Waals surface area contributed by atoms with Crippen LogP contribution in [0.4, 0.5) is 4.79 Å². The van der Waals surface area contributed by atoms with Gasteiger partial charge in [-0.25, -0.2) is 0 Å². The summed E-state index contributed by atoms with van der Waals surface area (Å²) in [4.78, 5) is 10.3. The molecule has 1 heterocycles. The Morgan fingerprint density at radius 2 is 2.00 bits per heavy atom. The zero-order valence-electron chi connectivity index (χ0n) is 4.70. The zero-order chi connectivity index (χ0) is 6.69. The molecule has 2 N–H and O–H groups in total. The van der Waals surface area contributed by atoms with Crippen molar-refractivity contribution < 1.29 is 18.5 Å². The lowest BCUT2D eigenvalue weighted by Gasteiger charge is -2.15. The fourth-order valence-corrected chi connectivity index (χ4v) is 0.466. The van der Waals surface area contributed by atoms with Crippen LogP contribution in [0.25, 0.3) is 0 Å². The summed E-state index contributed by atoms with van der Waals surface area (Å²) in [6.07, 6.45) is 0. The summed E-state index contributed by atoms with van der Waals surface area (Å²) in [7, 11) is -0.806. The average Bonchev–Trinajstić information content (AvgIpc) is 1.90. The van der Waals surface area contributed by atoms with Crippen LogP contribution in [0.1, 0.15) is 0 Å². The van der Waals surface area contributed by atoms with E-state index in [1.807, 2.05) is 0 Å². The van der Waals surface area contributed by atoms with Crippen molar-refractivity contribution in [3.05, 3.63) is 0 Å². The SMILES string of the molecule is NC(=O)B1OBOBO1. The van der Waals surface area contributed by atoms with Crippen molar-refractivity contribution in [2.24, 2.45) is 5.73 Å². The molecule has 0 bridgehead atoms. The van der Waals surface area contributed by atoms with Crippen LogP contribution in [0.15, 0.2) is 0 Å². The second kappa shape index (κ2) is 2.91. The van der Waals surface area contributed by atoms with Crippen LogP contribution in [0.2, 0.25) is 0 Å². The van der Waals surface area contributed by atoms with Gasteiger partial charge < -0.3 is 19.4 Å². The Morgan fingerprint density at radius 1 is 1.44 bits per heavy atom. The van der Waals surface area contributed by atoms with Crippen molar-refractivity contribution in [2.45, 2.75) is 0 Å². The molecule has 8 heteroatoms. The third-order valence-corrected chi connectivity index (χ3v) is 0.838. The summed E-state index contributed by atoms with van der Waals surface area (Å²) < 4.78 is 13.8. The van der Waals surface area contributed by atoms with Gasteiger partial charge in [0.2, 0.25) is 5.81 Å². The van der Waals surface area contributed by atoms with E-state index in [0.717, 1.165) is 0 Å². The molecule has 0 aromatic carbocycles. The second-order valence-corrected chi connectivity index (χ2v) is 1.51. The fourth-order valence-electron chi connectivity index (χ4n) is 0.466. The van der Waals surface area contributed by atoms with Crippen LogP contribution in [0, 0.1) is 0 Å². The van der Waals surface area contributed by atoms with Crippen molar-refractivity contribution >= 4 is 28.3 Å². The molecule has 1 rings (SSSR count). The first-order valence-corrected chi connectivity index (χ1v) is 2.41. The molecule has 46 valence electrons. The molecule has 5 nitrogen and oxygen atoms in total. The van der Waals surface area contributed by atoms with Gasteiger partial charge in [-0.3, -0.25) is 4.79 Å². The first kappa shape index (κ1) is 6.66. The third-order valence-electron chi connectivity index (χ3n) is 0.838. The molecule has 0 spiro atoms. The Labute approximate surface area is 53.6 Å². The molecule has 0 aliphatic carbocycles. The van der Waals surface area contributed by atoms with Crippen molar-refractivity contribution in [1.29, 1.82) is 0 Å². The lowest BCUT2D eigenvalue weighted by Crippen LogP contribution is -2.44. The lowest BCUT2D eigenvalue weighted by molar-refractivity contribution is 0.251. The molecular weight excluding hydrogens is 122 g/mol. The molecule has 1 saturated heterocycles. The molecule has 0 radical (unpaired) electrons. The van der Waals surface area contributed by atoms with E-state index in [4.69, 9.17) is 5.73 Å². The minimum Gasteiger partial charge on any atom is -0.458 e. The molecule has 0 atom stereocenters. The van der Waals surface area contributed by atoms with E-state index in [1.165, 1.54) is 0 Å². The number of hydrogen-bond acceptors (Lipinski definition) is 4. The summed E-state index contributed by atoms with van der Waals surface area (Å²) in [6.45, 7) is 0. The smallest absolute Gasteiger partial charge is 0.458 e. The molecule has 0 saturated carbocycles. The number of nitrogens with two attached hydrogens (primary N) is 1. The van der Waals surface area contributed by atoms with Crippen molar-refractivity contribution in [3.63, 3.8) is 0 Å². The van der Waals surface area contributed by atoms with Gasteiger partial charge in [0.05, 0.1) is 0 Å². The largest absolute Gasteiger partial charge is 0.529 e. The molecular formula is CH4B3NO4. The Kier molecular flexibility index (Phi) is 2.15. The van der Waals surface area contributed by atoms with Crippen LogP contribution < -0.4 is 5.73 Å². The maximum Gasteiger partial charge on any atom is 0.529 e. The van der Waals surface area contributed by atoms with E-state index in [1.54, 1.807) is 0 Å². The van der Waals surface area contributed by atoms with Gasteiger partial charge in [0.1, 0.15) is 0 Å². The molecule has 1 aliphatic heterocycles. The molecule has 0 aromatic rings. The van der Waals surface area contributed by atoms with Crippen molar-refractivity contribution in [3.8, 4) is 0 Å². The van der Waals surface area contributed by atoms with Gasteiger partial charge in [-0.2, -0.15) is 0 Å². The number of amides is 1. The number of carbonyl (C=O) groups is 1. The van der Waals surface area contributed by atoms with Gasteiger partial charge in [0.25, 0.3) is 0 Å². The summed E-state index contributed by atoms with van der Waals surface area (Å²) in [5, 5.41) is 0. The van der Waals surface area contributed by atoms with Gasteiger partial charge in [0.15, 0.2) is 0 Å². The topological polar surface area (TPSA) is 70.8 Å². The normalized spacial score (nSPS) is 18.0. The predicted molar refractivity (Wildman–Crippen MR) is 32.9 cm³/mol. The highest BCUT2D eigenvalue weighted by atomic mass is 16.7.